The number of benzene rings is 2. The monoisotopic (exact) mass is 767 g/mol. The van der Waals surface area contributed by atoms with Crippen molar-refractivity contribution in [3.8, 4) is 28.5 Å². The Morgan fingerprint density at radius 1 is 1.02 bits per heavy atom. The van der Waals surface area contributed by atoms with E-state index in [9.17, 15) is 12.8 Å². The molecule has 5 aromatic rings. The van der Waals surface area contributed by atoms with Gasteiger partial charge in [0, 0.05) is 51.4 Å². The van der Waals surface area contributed by atoms with E-state index in [4.69, 9.17) is 37.8 Å². The number of fused-ring (bicyclic) bond motifs is 2. The Labute approximate surface area is 309 Å². The van der Waals surface area contributed by atoms with Crippen LogP contribution in [0.4, 0.5) is 10.3 Å². The maximum absolute atomic E-state index is 14.7. The second-order valence-corrected chi connectivity index (χ2v) is 21.4. The van der Waals surface area contributed by atoms with Crippen molar-refractivity contribution in [2.45, 2.75) is 64.6 Å². The highest BCUT2D eigenvalue weighted by molar-refractivity contribution is 7.85. The maximum Gasteiger partial charge on any atom is 0.264 e. The number of ether oxygens (including phenoxy) is 5. The van der Waals surface area contributed by atoms with Gasteiger partial charge in [0.25, 0.3) is 10.1 Å². The van der Waals surface area contributed by atoms with Crippen molar-refractivity contribution in [2.75, 3.05) is 45.0 Å². The van der Waals surface area contributed by atoms with Gasteiger partial charge in [-0.2, -0.15) is 18.4 Å². The highest BCUT2D eigenvalue weighted by Gasteiger charge is 2.22. The molecule has 4 heterocycles. The Bertz CT molecular complexity index is 2160. The first kappa shape index (κ1) is 38.4. The van der Waals surface area contributed by atoms with Crippen molar-refractivity contribution in [1.82, 2.24) is 19.5 Å². The van der Waals surface area contributed by atoms with E-state index < -0.39 is 24.0 Å². The fraction of sp³-hybridized carbons (Fsp3) is 0.432. The highest BCUT2D eigenvalue weighted by Crippen LogP contribution is 2.38. The molecule has 1 aliphatic rings. The summed E-state index contributed by atoms with van der Waals surface area (Å²) in [7, 11) is -3.21. The normalized spacial score (nSPS) is 15.2. The molecular formula is C37H46FN5O8SSi. The van der Waals surface area contributed by atoms with Gasteiger partial charge in [-0.3, -0.25) is 9.17 Å². The van der Waals surface area contributed by atoms with E-state index in [2.05, 4.69) is 29.9 Å². The van der Waals surface area contributed by atoms with E-state index in [0.29, 0.717) is 41.5 Å². The third kappa shape index (κ3) is 10.6. The molecular weight excluding hydrogens is 722 g/mol. The predicted octanol–water partition coefficient (Wildman–Crippen LogP) is 6.98. The summed E-state index contributed by atoms with van der Waals surface area (Å²) in [6.07, 6.45) is 7.28. The standard InChI is InChI=1S/C37H46FN5O8SSi/c1-39-37-41-35-34(36(42-37)49-23-25-16-28(38)20-29(17-25)47-12-13-50-52(2,44)45)31(22-43(35)24-46-14-15-53(3,4)5)26-9-10-32-27(18-26)19-30(21-40-32)51-33-8-6-7-11-48-33/h9-10,16-22,33H,6-8,11-15,23-24H2,1-5H3,(H,39,41,42). The summed E-state index contributed by atoms with van der Waals surface area (Å²) in [6.45, 7) is 8.16. The molecule has 1 unspecified atom stereocenters. The molecule has 1 fully saturated rings. The van der Waals surface area contributed by atoms with Crippen molar-refractivity contribution in [3.63, 3.8) is 0 Å². The Kier molecular flexibility index (Phi) is 12.1. The van der Waals surface area contributed by atoms with Gasteiger partial charge in [0.15, 0.2) is 11.9 Å². The zero-order chi connectivity index (χ0) is 37.6. The molecule has 284 valence electrons. The average molecular weight is 768 g/mol. The summed E-state index contributed by atoms with van der Waals surface area (Å²) in [6, 6.07) is 13.1. The molecule has 0 spiro atoms. The number of hydrogen-bond acceptors (Lipinski definition) is 12. The van der Waals surface area contributed by atoms with Crippen LogP contribution >= 0.6 is 0 Å². The molecule has 0 radical (unpaired) electrons. The van der Waals surface area contributed by atoms with Gasteiger partial charge < -0.3 is 33.6 Å². The van der Waals surface area contributed by atoms with E-state index in [1.165, 1.54) is 12.1 Å². The lowest BCUT2D eigenvalue weighted by atomic mass is 10.0. The van der Waals surface area contributed by atoms with Crippen LogP contribution in [0.2, 0.25) is 25.7 Å². The number of nitrogens with zero attached hydrogens (tertiary/aromatic N) is 4. The van der Waals surface area contributed by atoms with Crippen LogP contribution in [0.1, 0.15) is 24.8 Å². The van der Waals surface area contributed by atoms with Crippen LogP contribution in [-0.2, 0) is 37.1 Å². The van der Waals surface area contributed by atoms with Gasteiger partial charge in [-0.1, -0.05) is 25.7 Å². The Morgan fingerprint density at radius 3 is 2.62 bits per heavy atom. The van der Waals surface area contributed by atoms with Gasteiger partial charge in [-0.05, 0) is 60.3 Å². The number of nitrogens with one attached hydrogen (secondary N) is 1. The van der Waals surface area contributed by atoms with Crippen LogP contribution in [0, 0.1) is 5.82 Å². The zero-order valence-electron chi connectivity index (χ0n) is 30.7. The molecule has 3 aromatic heterocycles. The lowest BCUT2D eigenvalue weighted by Crippen LogP contribution is -2.24. The summed E-state index contributed by atoms with van der Waals surface area (Å²) in [5, 5.41) is 4.56. The molecule has 16 heteroatoms. The molecule has 0 saturated carbocycles. The van der Waals surface area contributed by atoms with Gasteiger partial charge in [-0.25, -0.2) is 4.39 Å². The lowest BCUT2D eigenvalue weighted by molar-refractivity contribution is -0.106. The van der Waals surface area contributed by atoms with Crippen molar-refractivity contribution in [2.24, 2.45) is 0 Å². The largest absolute Gasteiger partial charge is 0.491 e. The minimum Gasteiger partial charge on any atom is -0.491 e. The maximum atomic E-state index is 14.7. The van der Waals surface area contributed by atoms with Crippen LogP contribution in [0.5, 0.6) is 17.4 Å². The van der Waals surface area contributed by atoms with Crippen molar-refractivity contribution >= 4 is 46.1 Å². The number of rotatable bonds is 17. The second kappa shape index (κ2) is 16.8. The molecule has 0 amide bonds. The van der Waals surface area contributed by atoms with E-state index in [1.54, 1.807) is 19.3 Å². The molecule has 2 aromatic carbocycles. The van der Waals surface area contributed by atoms with E-state index >= 15 is 0 Å². The molecule has 1 N–H and O–H groups in total. The van der Waals surface area contributed by atoms with E-state index in [0.717, 1.165) is 53.6 Å². The summed E-state index contributed by atoms with van der Waals surface area (Å²) < 4.78 is 73.9. The first-order valence-electron chi connectivity index (χ1n) is 17.6. The fourth-order valence-corrected chi connectivity index (χ4v) is 6.94. The Balaban J connectivity index is 1.34. The summed E-state index contributed by atoms with van der Waals surface area (Å²) in [5.74, 6) is 0.916. The van der Waals surface area contributed by atoms with Crippen molar-refractivity contribution in [1.29, 1.82) is 0 Å². The SMILES string of the molecule is CNc1nc(OCc2cc(F)cc(OCCOS(C)(=O)=O)c2)c2c(-c3ccc4ncc(OC5CCCCO5)cc4c3)cn(COCC[Si](C)(C)C)c2n1. The number of anilines is 1. The third-order valence-corrected chi connectivity index (χ3v) is 10.8. The third-order valence-electron chi connectivity index (χ3n) is 8.46. The van der Waals surface area contributed by atoms with Gasteiger partial charge in [0.05, 0.1) is 30.0 Å². The van der Waals surface area contributed by atoms with Crippen LogP contribution in [-0.4, -0.2) is 82.0 Å². The number of aromatic nitrogens is 4. The minimum absolute atomic E-state index is 0.0495. The van der Waals surface area contributed by atoms with Gasteiger partial charge in [0.2, 0.25) is 11.8 Å². The Morgan fingerprint density at radius 2 is 1.87 bits per heavy atom. The van der Waals surface area contributed by atoms with Gasteiger partial charge in [0.1, 0.15) is 43.9 Å². The van der Waals surface area contributed by atoms with Crippen molar-refractivity contribution in [3.05, 3.63) is 66.2 Å². The fourth-order valence-electron chi connectivity index (χ4n) is 5.81. The molecule has 1 atom stereocenters. The molecule has 13 nitrogen and oxygen atoms in total. The number of hydrogen-bond donors (Lipinski definition) is 1. The first-order chi connectivity index (χ1) is 25.3. The lowest BCUT2D eigenvalue weighted by Gasteiger charge is -2.23. The molecule has 6 rings (SSSR count). The molecule has 1 aliphatic heterocycles. The topological polar surface area (TPSA) is 145 Å². The highest BCUT2D eigenvalue weighted by atomic mass is 32.2. The zero-order valence-corrected chi connectivity index (χ0v) is 32.5. The molecule has 1 saturated heterocycles. The van der Waals surface area contributed by atoms with Crippen LogP contribution in [0.15, 0.2) is 54.9 Å². The summed E-state index contributed by atoms with van der Waals surface area (Å²) in [4.78, 5) is 14.2. The van der Waals surface area contributed by atoms with E-state index in [1.807, 2.05) is 35.0 Å². The minimum atomic E-state index is -3.62. The van der Waals surface area contributed by atoms with E-state index in [-0.39, 0.29) is 44.5 Å². The first-order valence-corrected chi connectivity index (χ1v) is 23.1. The van der Waals surface area contributed by atoms with Crippen LogP contribution in [0.3, 0.4) is 0 Å². The quantitative estimate of drug-likeness (QED) is 0.0592. The predicted molar refractivity (Wildman–Crippen MR) is 203 cm³/mol. The number of pyridine rings is 1. The summed E-state index contributed by atoms with van der Waals surface area (Å²) >= 11 is 0. The van der Waals surface area contributed by atoms with Gasteiger partial charge in [-0.15, -0.1) is 0 Å². The average Bonchev–Trinajstić information content (AvgIpc) is 3.48. The number of halogens is 1. The van der Waals surface area contributed by atoms with Gasteiger partial charge >= 0.3 is 0 Å². The van der Waals surface area contributed by atoms with Crippen LogP contribution < -0.4 is 19.5 Å². The Hall–Kier alpha value is -4.35. The molecule has 0 bridgehead atoms. The van der Waals surface area contributed by atoms with Crippen LogP contribution in [0.25, 0.3) is 33.1 Å². The second-order valence-electron chi connectivity index (χ2n) is 14.1. The molecule has 0 aliphatic carbocycles. The summed E-state index contributed by atoms with van der Waals surface area (Å²) in [5.41, 5.74) is 3.57. The molecule has 53 heavy (non-hydrogen) atoms. The smallest absolute Gasteiger partial charge is 0.264 e. The van der Waals surface area contributed by atoms with Crippen molar-refractivity contribution < 1.29 is 40.7 Å².